The highest BCUT2D eigenvalue weighted by molar-refractivity contribution is 8.00. The van der Waals surface area contributed by atoms with E-state index < -0.39 is 12.0 Å². The number of ether oxygens (including phenoxy) is 1. The molecule has 2 atom stereocenters. The number of esters is 1. The summed E-state index contributed by atoms with van der Waals surface area (Å²) in [5.74, 6) is 0.571. The number of nitrogens with zero attached hydrogens (tertiary/aromatic N) is 2. The van der Waals surface area contributed by atoms with Crippen LogP contribution in [0.15, 0.2) is 36.5 Å². The molecule has 0 saturated carbocycles. The molecule has 0 bridgehead atoms. The Labute approximate surface area is 179 Å². The second-order valence-corrected chi connectivity index (χ2v) is 8.14. The Morgan fingerprint density at radius 3 is 2.80 bits per heavy atom. The van der Waals surface area contributed by atoms with Gasteiger partial charge in [-0.3, -0.25) is 9.59 Å². The molecule has 0 spiro atoms. The summed E-state index contributed by atoms with van der Waals surface area (Å²) in [4.78, 5) is 45.1. The number of carbonyl (C=O) groups is 3. The summed E-state index contributed by atoms with van der Waals surface area (Å²) in [6.07, 6.45) is 3.65. The van der Waals surface area contributed by atoms with Gasteiger partial charge in [-0.1, -0.05) is 30.3 Å². The molecule has 2 unspecified atom stereocenters. The van der Waals surface area contributed by atoms with Crippen LogP contribution in [-0.2, 0) is 19.1 Å². The number of methoxy groups -OCH3 is 1. The van der Waals surface area contributed by atoms with Gasteiger partial charge in [0.2, 0.25) is 11.8 Å². The van der Waals surface area contributed by atoms with Crippen LogP contribution >= 0.6 is 11.8 Å². The fraction of sp³-hybridized carbons (Fsp3) is 0.429. The molecule has 2 N–H and O–H groups in total. The number of amides is 2. The van der Waals surface area contributed by atoms with Crippen molar-refractivity contribution in [2.75, 3.05) is 19.4 Å². The molecule has 160 valence electrons. The minimum absolute atomic E-state index is 0.0900. The number of unbranched alkanes of at least 4 members (excludes halogenated alkanes) is 1. The summed E-state index contributed by atoms with van der Waals surface area (Å²) in [7, 11) is 1.30. The van der Waals surface area contributed by atoms with Crippen LogP contribution < -0.4 is 5.32 Å². The van der Waals surface area contributed by atoms with Crippen molar-refractivity contribution in [2.24, 2.45) is 0 Å². The highest BCUT2D eigenvalue weighted by Crippen LogP contribution is 2.38. The third-order valence-electron chi connectivity index (χ3n) is 4.88. The monoisotopic (exact) mass is 430 g/mol. The van der Waals surface area contributed by atoms with E-state index in [2.05, 4.69) is 15.3 Å². The standard InChI is InChI=1S/C21H26N4O4S/c1-14(26)23-16(21(28)29-2)10-6-7-11-25-18(27)13-30-20(25)17-12-22-19(24-17)15-8-4-3-5-9-15/h3-5,8-9,12,16,20H,6-7,10-11,13H2,1-2H3,(H,22,24)(H,23,26). The van der Waals surface area contributed by atoms with E-state index in [4.69, 9.17) is 4.74 Å². The van der Waals surface area contributed by atoms with Gasteiger partial charge in [0, 0.05) is 19.0 Å². The van der Waals surface area contributed by atoms with Crippen molar-refractivity contribution in [3.8, 4) is 11.4 Å². The fourth-order valence-corrected chi connectivity index (χ4v) is 4.59. The van der Waals surface area contributed by atoms with Gasteiger partial charge in [-0.2, -0.15) is 0 Å². The lowest BCUT2D eigenvalue weighted by Crippen LogP contribution is -2.40. The Bertz CT molecular complexity index is 886. The van der Waals surface area contributed by atoms with Crippen LogP contribution in [0.1, 0.15) is 37.3 Å². The maximum Gasteiger partial charge on any atom is 0.328 e. The molecule has 1 saturated heterocycles. The number of hydrogen-bond acceptors (Lipinski definition) is 6. The Hall–Kier alpha value is -2.81. The van der Waals surface area contributed by atoms with Crippen molar-refractivity contribution < 1.29 is 19.1 Å². The third kappa shape index (κ3) is 5.41. The van der Waals surface area contributed by atoms with Crippen molar-refractivity contribution in [1.82, 2.24) is 20.2 Å². The molecule has 0 aliphatic carbocycles. The lowest BCUT2D eigenvalue weighted by atomic mass is 10.1. The third-order valence-corrected chi connectivity index (χ3v) is 6.12. The predicted molar refractivity (Wildman–Crippen MR) is 114 cm³/mol. The first kappa shape index (κ1) is 21.9. The van der Waals surface area contributed by atoms with Crippen molar-refractivity contribution in [3.05, 3.63) is 42.2 Å². The molecule has 3 rings (SSSR count). The van der Waals surface area contributed by atoms with E-state index in [0.29, 0.717) is 25.1 Å². The van der Waals surface area contributed by atoms with Gasteiger partial charge in [0.1, 0.15) is 17.2 Å². The topological polar surface area (TPSA) is 104 Å². The minimum Gasteiger partial charge on any atom is -0.467 e. The van der Waals surface area contributed by atoms with Crippen LogP contribution in [-0.4, -0.2) is 58.1 Å². The molecule has 2 heterocycles. The second-order valence-electron chi connectivity index (χ2n) is 7.08. The molecule has 1 aliphatic rings. The molecule has 2 aromatic rings. The molecule has 1 aliphatic heterocycles. The highest BCUT2D eigenvalue weighted by Gasteiger charge is 2.33. The van der Waals surface area contributed by atoms with E-state index in [1.165, 1.54) is 14.0 Å². The lowest BCUT2D eigenvalue weighted by molar-refractivity contribution is -0.145. The van der Waals surface area contributed by atoms with E-state index in [-0.39, 0.29) is 17.2 Å². The van der Waals surface area contributed by atoms with Crippen LogP contribution in [0.2, 0.25) is 0 Å². The molecule has 30 heavy (non-hydrogen) atoms. The van der Waals surface area contributed by atoms with Crippen LogP contribution in [0.4, 0.5) is 0 Å². The molecule has 9 heteroatoms. The lowest BCUT2D eigenvalue weighted by Gasteiger charge is -2.23. The Morgan fingerprint density at radius 1 is 1.33 bits per heavy atom. The van der Waals surface area contributed by atoms with Crippen molar-refractivity contribution >= 4 is 29.5 Å². The Kier molecular flexibility index (Phi) is 7.51. The van der Waals surface area contributed by atoms with Crippen LogP contribution in [0.3, 0.4) is 0 Å². The zero-order valence-electron chi connectivity index (χ0n) is 17.1. The maximum absolute atomic E-state index is 12.4. The van der Waals surface area contributed by atoms with Crippen molar-refractivity contribution in [2.45, 2.75) is 37.6 Å². The summed E-state index contributed by atoms with van der Waals surface area (Å²) in [6, 6.07) is 9.19. The van der Waals surface area contributed by atoms with Gasteiger partial charge in [-0.05, 0) is 19.3 Å². The van der Waals surface area contributed by atoms with E-state index in [1.54, 1.807) is 18.0 Å². The van der Waals surface area contributed by atoms with Crippen LogP contribution in [0.25, 0.3) is 11.4 Å². The maximum atomic E-state index is 12.4. The van der Waals surface area contributed by atoms with E-state index in [0.717, 1.165) is 23.5 Å². The van der Waals surface area contributed by atoms with Gasteiger partial charge in [0.05, 0.1) is 24.8 Å². The Balaban J connectivity index is 1.57. The summed E-state index contributed by atoms with van der Waals surface area (Å²) in [6.45, 7) is 1.94. The normalized spacial score (nSPS) is 17.1. The molecular weight excluding hydrogens is 404 g/mol. The first-order valence-corrected chi connectivity index (χ1v) is 10.9. The number of rotatable bonds is 9. The van der Waals surface area contributed by atoms with Gasteiger partial charge in [-0.25, -0.2) is 9.78 Å². The number of carbonyl (C=O) groups excluding carboxylic acids is 3. The zero-order chi connectivity index (χ0) is 21.5. The molecule has 1 fully saturated rings. The number of thioether (sulfide) groups is 1. The largest absolute Gasteiger partial charge is 0.467 e. The summed E-state index contributed by atoms with van der Waals surface area (Å²) >= 11 is 1.58. The first-order chi connectivity index (χ1) is 14.5. The summed E-state index contributed by atoms with van der Waals surface area (Å²) in [5, 5.41) is 2.51. The number of hydrogen-bond donors (Lipinski definition) is 2. The Morgan fingerprint density at radius 2 is 2.10 bits per heavy atom. The van der Waals surface area contributed by atoms with Crippen LogP contribution in [0, 0.1) is 0 Å². The van der Waals surface area contributed by atoms with Crippen molar-refractivity contribution in [3.63, 3.8) is 0 Å². The van der Waals surface area contributed by atoms with Gasteiger partial charge in [0.15, 0.2) is 0 Å². The fourth-order valence-electron chi connectivity index (χ4n) is 3.42. The molecule has 1 aromatic heterocycles. The van der Waals surface area contributed by atoms with Gasteiger partial charge in [-0.15, -0.1) is 11.8 Å². The van der Waals surface area contributed by atoms with Gasteiger partial charge < -0.3 is 19.9 Å². The minimum atomic E-state index is -0.659. The molecule has 1 aromatic carbocycles. The number of benzene rings is 1. The first-order valence-electron chi connectivity index (χ1n) is 9.86. The molecule has 8 nitrogen and oxygen atoms in total. The average molecular weight is 431 g/mol. The van der Waals surface area contributed by atoms with Gasteiger partial charge in [0.25, 0.3) is 0 Å². The average Bonchev–Trinajstić information content (AvgIpc) is 3.37. The number of aromatic amines is 1. The second kappa shape index (κ2) is 10.3. The van der Waals surface area contributed by atoms with E-state index in [9.17, 15) is 14.4 Å². The summed E-state index contributed by atoms with van der Waals surface area (Å²) < 4.78 is 4.74. The zero-order valence-corrected chi connectivity index (χ0v) is 17.9. The van der Waals surface area contributed by atoms with Crippen LogP contribution in [0.5, 0.6) is 0 Å². The predicted octanol–water partition coefficient (Wildman–Crippen LogP) is 2.50. The molecular formula is C21H26N4O4S. The summed E-state index contributed by atoms with van der Waals surface area (Å²) in [5.41, 5.74) is 1.90. The molecule has 0 radical (unpaired) electrons. The number of imidazole rings is 1. The van der Waals surface area contributed by atoms with Gasteiger partial charge >= 0.3 is 5.97 Å². The smallest absolute Gasteiger partial charge is 0.328 e. The quantitative estimate of drug-likeness (QED) is 0.468. The van der Waals surface area contributed by atoms with E-state index >= 15 is 0 Å². The SMILES string of the molecule is COC(=O)C(CCCCN1C(=O)CSC1c1cnc(-c2ccccc2)[nH]1)NC(C)=O. The number of H-pyrrole nitrogens is 1. The van der Waals surface area contributed by atoms with Crippen molar-refractivity contribution in [1.29, 1.82) is 0 Å². The number of nitrogens with one attached hydrogen (secondary N) is 2. The van der Waals surface area contributed by atoms with E-state index in [1.807, 2.05) is 35.2 Å². The molecule has 2 amide bonds. The highest BCUT2D eigenvalue weighted by atomic mass is 32.2. The number of aromatic nitrogens is 2.